The van der Waals surface area contributed by atoms with Crippen LogP contribution in [0.1, 0.15) is 21.7 Å². The summed E-state index contributed by atoms with van der Waals surface area (Å²) in [6.07, 6.45) is 1.63. The first-order valence-corrected chi connectivity index (χ1v) is 9.94. The normalized spacial score (nSPS) is 10.6. The maximum atomic E-state index is 12.2. The van der Waals surface area contributed by atoms with Gasteiger partial charge in [-0.15, -0.1) is 21.5 Å². The summed E-state index contributed by atoms with van der Waals surface area (Å²) in [6.45, 7) is 2.19. The number of amides is 2. The second kappa shape index (κ2) is 8.78. The minimum Gasteiger partial charge on any atom is -0.345 e. The minimum atomic E-state index is -0.168. The third-order valence-electron chi connectivity index (χ3n) is 3.62. The average molecular weight is 403 g/mol. The first kappa shape index (κ1) is 19.1. The topological polar surface area (TPSA) is 102 Å². The third-order valence-corrected chi connectivity index (χ3v) is 5.33. The lowest BCUT2D eigenvalue weighted by atomic mass is 10.1. The fourth-order valence-corrected chi connectivity index (χ4v) is 3.52. The lowest BCUT2D eigenvalue weighted by Crippen LogP contribution is -2.24. The molecule has 8 nitrogen and oxygen atoms in total. The summed E-state index contributed by atoms with van der Waals surface area (Å²) in [6, 6.07) is 7.38. The number of nitrogens with one attached hydrogen (secondary N) is 2. The van der Waals surface area contributed by atoms with E-state index in [1.165, 1.54) is 23.1 Å². The van der Waals surface area contributed by atoms with Crippen LogP contribution in [0.3, 0.4) is 0 Å². The lowest BCUT2D eigenvalue weighted by molar-refractivity contribution is -0.113. The van der Waals surface area contributed by atoms with E-state index in [1.807, 2.05) is 25.1 Å². The summed E-state index contributed by atoms with van der Waals surface area (Å²) >= 11 is 2.63. The van der Waals surface area contributed by atoms with Crippen molar-refractivity contribution in [2.45, 2.75) is 18.6 Å². The van der Waals surface area contributed by atoms with Gasteiger partial charge in [0.15, 0.2) is 16.1 Å². The minimum absolute atomic E-state index is 0.160. The number of carbonyl (C=O) groups is 2. The molecule has 0 fully saturated rings. The van der Waals surface area contributed by atoms with E-state index in [0.29, 0.717) is 21.7 Å². The van der Waals surface area contributed by atoms with Crippen molar-refractivity contribution in [1.82, 2.24) is 25.1 Å². The van der Waals surface area contributed by atoms with Crippen LogP contribution < -0.4 is 10.6 Å². The van der Waals surface area contributed by atoms with Crippen molar-refractivity contribution in [2.24, 2.45) is 7.05 Å². The number of aromatic nitrogens is 4. The van der Waals surface area contributed by atoms with Crippen LogP contribution >= 0.6 is 23.1 Å². The number of carbonyl (C=O) groups excluding carboxylic acids is 2. The van der Waals surface area contributed by atoms with Gasteiger partial charge in [0, 0.05) is 24.2 Å². The highest BCUT2D eigenvalue weighted by Crippen LogP contribution is 2.17. The molecule has 3 rings (SSSR count). The molecule has 0 radical (unpaired) electrons. The Kier molecular flexibility index (Phi) is 6.20. The molecule has 1 aromatic carbocycles. The van der Waals surface area contributed by atoms with Crippen LogP contribution in [0.2, 0.25) is 0 Å². The van der Waals surface area contributed by atoms with Gasteiger partial charge in [0.2, 0.25) is 5.91 Å². The Bertz CT molecular complexity index is 939. The van der Waals surface area contributed by atoms with E-state index in [-0.39, 0.29) is 24.1 Å². The Labute approximate surface area is 164 Å². The third kappa shape index (κ3) is 5.14. The molecule has 3 aromatic rings. The molecule has 0 aliphatic rings. The van der Waals surface area contributed by atoms with Gasteiger partial charge in [-0.3, -0.25) is 9.59 Å². The van der Waals surface area contributed by atoms with Crippen molar-refractivity contribution in [3.05, 3.63) is 52.8 Å². The van der Waals surface area contributed by atoms with Crippen LogP contribution in [0.15, 0.2) is 41.0 Å². The Balaban J connectivity index is 1.52. The number of anilines is 1. The van der Waals surface area contributed by atoms with E-state index >= 15 is 0 Å². The van der Waals surface area contributed by atoms with Crippen molar-refractivity contribution >= 4 is 40.0 Å². The molecule has 140 valence electrons. The zero-order valence-electron chi connectivity index (χ0n) is 14.8. The van der Waals surface area contributed by atoms with E-state index in [0.717, 1.165) is 5.56 Å². The zero-order chi connectivity index (χ0) is 19.2. The SMILES string of the molecule is Cc1cccc(C(=O)NCc2nnc(SCC(=O)Nc3nccs3)n2C)c1. The van der Waals surface area contributed by atoms with Crippen LogP contribution in [-0.4, -0.2) is 37.3 Å². The van der Waals surface area contributed by atoms with Gasteiger partial charge in [-0.2, -0.15) is 0 Å². The van der Waals surface area contributed by atoms with E-state index in [9.17, 15) is 9.59 Å². The molecule has 0 atom stereocenters. The molecule has 0 unspecified atom stereocenters. The fraction of sp³-hybridized carbons (Fsp3) is 0.235. The van der Waals surface area contributed by atoms with E-state index in [2.05, 4.69) is 25.8 Å². The quantitative estimate of drug-likeness (QED) is 0.588. The summed E-state index contributed by atoms with van der Waals surface area (Å²) < 4.78 is 1.76. The molecule has 2 heterocycles. The van der Waals surface area contributed by atoms with Crippen molar-refractivity contribution in [3.8, 4) is 0 Å². The standard InChI is InChI=1S/C17H18N6O2S2/c1-11-4-3-5-12(8-11)15(25)19-9-13-21-22-17(23(13)2)27-10-14(24)20-16-18-6-7-26-16/h3-8H,9-10H2,1-2H3,(H,19,25)(H,18,20,24). The molecule has 10 heteroatoms. The maximum Gasteiger partial charge on any atom is 0.251 e. The van der Waals surface area contributed by atoms with Gasteiger partial charge >= 0.3 is 0 Å². The second-order valence-electron chi connectivity index (χ2n) is 5.68. The summed E-state index contributed by atoms with van der Waals surface area (Å²) in [7, 11) is 1.80. The Hall–Kier alpha value is -2.72. The van der Waals surface area contributed by atoms with Gasteiger partial charge < -0.3 is 15.2 Å². The molecular formula is C17H18N6O2S2. The largest absolute Gasteiger partial charge is 0.345 e. The zero-order valence-corrected chi connectivity index (χ0v) is 16.4. The molecule has 0 aliphatic carbocycles. The number of benzene rings is 1. The number of thioether (sulfide) groups is 1. The Morgan fingerprint density at radius 2 is 2.15 bits per heavy atom. The number of nitrogens with zero attached hydrogens (tertiary/aromatic N) is 4. The highest BCUT2D eigenvalue weighted by atomic mass is 32.2. The Morgan fingerprint density at radius 3 is 2.89 bits per heavy atom. The van der Waals surface area contributed by atoms with E-state index < -0.39 is 0 Å². The van der Waals surface area contributed by atoms with Crippen molar-refractivity contribution in [3.63, 3.8) is 0 Å². The smallest absolute Gasteiger partial charge is 0.251 e. The van der Waals surface area contributed by atoms with Gasteiger partial charge in [-0.25, -0.2) is 4.98 Å². The van der Waals surface area contributed by atoms with Gasteiger partial charge in [0.25, 0.3) is 5.91 Å². The number of hydrogen-bond acceptors (Lipinski definition) is 7. The van der Waals surface area contributed by atoms with Crippen LogP contribution in [0.5, 0.6) is 0 Å². The highest BCUT2D eigenvalue weighted by molar-refractivity contribution is 7.99. The first-order chi connectivity index (χ1) is 13.0. The molecule has 27 heavy (non-hydrogen) atoms. The van der Waals surface area contributed by atoms with Gasteiger partial charge in [-0.1, -0.05) is 29.5 Å². The van der Waals surface area contributed by atoms with Crippen molar-refractivity contribution in [1.29, 1.82) is 0 Å². The van der Waals surface area contributed by atoms with Gasteiger partial charge in [-0.05, 0) is 19.1 Å². The molecule has 0 aliphatic heterocycles. The molecule has 2 amide bonds. The van der Waals surface area contributed by atoms with Crippen LogP contribution in [0.25, 0.3) is 0 Å². The maximum absolute atomic E-state index is 12.2. The molecule has 0 bridgehead atoms. The summed E-state index contributed by atoms with van der Waals surface area (Å²) in [5, 5.41) is 16.7. The fourth-order valence-electron chi connectivity index (χ4n) is 2.24. The predicted octanol–water partition coefficient (Wildman–Crippen LogP) is 2.24. The summed E-state index contributed by atoms with van der Waals surface area (Å²) in [5.41, 5.74) is 1.63. The van der Waals surface area contributed by atoms with E-state index in [1.54, 1.807) is 29.3 Å². The number of rotatable bonds is 7. The number of thiazole rings is 1. The predicted molar refractivity (Wildman–Crippen MR) is 105 cm³/mol. The number of hydrogen-bond donors (Lipinski definition) is 2. The summed E-state index contributed by atoms with van der Waals surface area (Å²) in [5.74, 6) is 0.478. The molecule has 0 spiro atoms. The first-order valence-electron chi connectivity index (χ1n) is 8.08. The molecule has 2 N–H and O–H groups in total. The molecule has 2 aromatic heterocycles. The molecule has 0 saturated carbocycles. The summed E-state index contributed by atoms with van der Waals surface area (Å²) in [4.78, 5) is 28.2. The number of aryl methyl sites for hydroxylation is 1. The van der Waals surface area contributed by atoms with Crippen molar-refractivity contribution < 1.29 is 9.59 Å². The average Bonchev–Trinajstić information content (AvgIpc) is 3.28. The van der Waals surface area contributed by atoms with Crippen molar-refractivity contribution in [2.75, 3.05) is 11.1 Å². The molecule has 0 saturated heterocycles. The van der Waals surface area contributed by atoms with Crippen LogP contribution in [0.4, 0.5) is 5.13 Å². The Morgan fingerprint density at radius 1 is 1.30 bits per heavy atom. The monoisotopic (exact) mass is 402 g/mol. The lowest BCUT2D eigenvalue weighted by Gasteiger charge is -2.06. The highest BCUT2D eigenvalue weighted by Gasteiger charge is 2.13. The van der Waals surface area contributed by atoms with Gasteiger partial charge in [0.1, 0.15) is 0 Å². The molecular weight excluding hydrogens is 384 g/mol. The van der Waals surface area contributed by atoms with Crippen LogP contribution in [0, 0.1) is 6.92 Å². The van der Waals surface area contributed by atoms with Gasteiger partial charge in [0.05, 0.1) is 12.3 Å². The van der Waals surface area contributed by atoms with Crippen LogP contribution in [-0.2, 0) is 18.4 Å². The van der Waals surface area contributed by atoms with E-state index in [4.69, 9.17) is 0 Å². The second-order valence-corrected chi connectivity index (χ2v) is 7.52.